The molecule has 1 amide bonds. The van der Waals surface area contributed by atoms with Crippen LogP contribution in [0.15, 0.2) is 41.5 Å². The van der Waals surface area contributed by atoms with Gasteiger partial charge in [0.15, 0.2) is 5.82 Å². The first-order valence-electron chi connectivity index (χ1n) is 8.38. The number of ether oxygens (including phenoxy) is 1. The second kappa shape index (κ2) is 9.45. The maximum Gasteiger partial charge on any atom is 0.416 e. The maximum absolute atomic E-state index is 12.4. The van der Waals surface area contributed by atoms with Crippen LogP contribution in [-0.4, -0.2) is 40.0 Å². The Morgan fingerprint density at radius 2 is 2.00 bits per heavy atom. The summed E-state index contributed by atoms with van der Waals surface area (Å²) in [5.41, 5.74) is -0.504. The highest BCUT2D eigenvalue weighted by atomic mass is 19.4. The van der Waals surface area contributed by atoms with Gasteiger partial charge in [0.05, 0.1) is 24.5 Å². The van der Waals surface area contributed by atoms with E-state index in [4.69, 9.17) is 4.74 Å². The van der Waals surface area contributed by atoms with Gasteiger partial charge in [0.2, 0.25) is 5.91 Å². The van der Waals surface area contributed by atoms with Gasteiger partial charge in [0.1, 0.15) is 0 Å². The van der Waals surface area contributed by atoms with Gasteiger partial charge < -0.3 is 14.6 Å². The zero-order valence-corrected chi connectivity index (χ0v) is 15.0. The van der Waals surface area contributed by atoms with E-state index in [9.17, 15) is 27.2 Å². The van der Waals surface area contributed by atoms with Gasteiger partial charge in [0, 0.05) is 26.2 Å². The van der Waals surface area contributed by atoms with Crippen LogP contribution in [0.5, 0.6) is 0 Å². The molecule has 0 aliphatic carbocycles. The molecule has 1 aliphatic heterocycles. The molecule has 1 N–H and O–H groups in total. The Labute approximate surface area is 158 Å². The lowest BCUT2D eigenvalue weighted by atomic mass is 10.1. The van der Waals surface area contributed by atoms with Crippen LogP contribution >= 0.6 is 0 Å². The first kappa shape index (κ1) is 21.5. The molecule has 10 heteroatoms. The summed E-state index contributed by atoms with van der Waals surface area (Å²) >= 11 is 0. The lowest BCUT2D eigenvalue weighted by Crippen LogP contribution is -2.27. The minimum absolute atomic E-state index is 0.0191. The Kier molecular flexibility index (Phi) is 7.27. The summed E-state index contributed by atoms with van der Waals surface area (Å²) in [4.78, 5) is 28.1. The molecule has 0 bridgehead atoms. The Hall–Kier alpha value is -2.75. The zero-order valence-electron chi connectivity index (χ0n) is 15.0. The van der Waals surface area contributed by atoms with Gasteiger partial charge in [-0.1, -0.05) is 12.1 Å². The van der Waals surface area contributed by atoms with Gasteiger partial charge >= 0.3 is 11.9 Å². The van der Waals surface area contributed by atoms with Gasteiger partial charge in [0.25, 0.3) is 0 Å². The zero-order chi connectivity index (χ0) is 20.7. The Bertz CT molecular complexity index is 817. The number of rotatable bonds is 3. The molecule has 1 saturated heterocycles. The molecule has 1 unspecified atom stereocenters. The van der Waals surface area contributed by atoms with Crippen molar-refractivity contribution in [2.75, 3.05) is 13.1 Å². The summed E-state index contributed by atoms with van der Waals surface area (Å²) < 4.78 is 54.7. The number of aromatic amines is 1. The minimum Gasteiger partial charge on any atom is -0.372 e. The van der Waals surface area contributed by atoms with Crippen molar-refractivity contribution in [2.24, 2.45) is 0 Å². The summed E-state index contributed by atoms with van der Waals surface area (Å²) in [5, 5.41) is 0. The molecule has 3 rings (SSSR count). The van der Waals surface area contributed by atoms with E-state index in [2.05, 4.69) is 9.97 Å². The number of H-pyrrole nitrogens is 1. The SMILES string of the molecule is CC(=O)N1CCC(OCc2ccc(C(F)(F)F)cc2)C1.O=c1ncc(F)c[nH]1. The van der Waals surface area contributed by atoms with Crippen molar-refractivity contribution in [1.29, 1.82) is 0 Å². The van der Waals surface area contributed by atoms with Crippen molar-refractivity contribution in [3.8, 4) is 0 Å². The van der Waals surface area contributed by atoms with Gasteiger partial charge in [-0.3, -0.25) is 4.79 Å². The van der Waals surface area contributed by atoms with Crippen LogP contribution in [0.4, 0.5) is 17.6 Å². The van der Waals surface area contributed by atoms with Gasteiger partial charge in [-0.05, 0) is 24.1 Å². The molecule has 6 nitrogen and oxygen atoms in total. The second-order valence-electron chi connectivity index (χ2n) is 6.12. The molecule has 1 atom stereocenters. The molecule has 152 valence electrons. The number of amides is 1. The van der Waals surface area contributed by atoms with Crippen molar-refractivity contribution < 1.29 is 27.1 Å². The summed E-state index contributed by atoms with van der Waals surface area (Å²) in [6.45, 7) is 3.00. The average Bonchev–Trinajstić information content (AvgIpc) is 3.12. The minimum atomic E-state index is -4.31. The fourth-order valence-corrected chi connectivity index (χ4v) is 2.48. The topological polar surface area (TPSA) is 75.3 Å². The monoisotopic (exact) mass is 401 g/mol. The highest BCUT2D eigenvalue weighted by Crippen LogP contribution is 2.29. The normalized spacial score (nSPS) is 16.5. The summed E-state index contributed by atoms with van der Waals surface area (Å²) in [7, 11) is 0. The molecule has 1 fully saturated rings. The molecule has 0 saturated carbocycles. The molecule has 1 aromatic carbocycles. The first-order chi connectivity index (χ1) is 13.1. The molecular weight excluding hydrogens is 382 g/mol. The van der Waals surface area contributed by atoms with Crippen molar-refractivity contribution in [3.05, 3.63) is 64.1 Å². The summed E-state index contributed by atoms with van der Waals surface area (Å²) in [6.07, 6.45) is -1.78. The quantitative estimate of drug-likeness (QED) is 0.803. The Morgan fingerprint density at radius 1 is 1.32 bits per heavy atom. The lowest BCUT2D eigenvalue weighted by Gasteiger charge is -2.14. The predicted octanol–water partition coefficient (Wildman–Crippen LogP) is 2.75. The largest absolute Gasteiger partial charge is 0.416 e. The molecule has 2 aromatic rings. The number of halogens is 4. The Balaban J connectivity index is 0.000000292. The highest BCUT2D eigenvalue weighted by molar-refractivity contribution is 5.73. The lowest BCUT2D eigenvalue weighted by molar-refractivity contribution is -0.137. The van der Waals surface area contributed by atoms with E-state index < -0.39 is 23.2 Å². The van der Waals surface area contributed by atoms with E-state index >= 15 is 0 Å². The molecular formula is C18H19F4N3O3. The fraction of sp³-hybridized carbons (Fsp3) is 0.389. The van der Waals surface area contributed by atoms with Gasteiger partial charge in [-0.25, -0.2) is 9.18 Å². The Morgan fingerprint density at radius 3 is 2.46 bits per heavy atom. The van der Waals surface area contributed by atoms with E-state index in [0.717, 1.165) is 30.9 Å². The maximum atomic E-state index is 12.4. The van der Waals surface area contributed by atoms with E-state index in [-0.39, 0.29) is 18.6 Å². The first-order valence-corrected chi connectivity index (χ1v) is 8.38. The van der Waals surface area contributed by atoms with Crippen LogP contribution in [0, 0.1) is 5.82 Å². The molecule has 1 aliphatic rings. The number of carbonyl (C=O) groups excluding carboxylic acids is 1. The van der Waals surface area contributed by atoms with E-state index in [0.29, 0.717) is 18.7 Å². The molecule has 1 aromatic heterocycles. The van der Waals surface area contributed by atoms with Crippen LogP contribution in [0.2, 0.25) is 0 Å². The van der Waals surface area contributed by atoms with Crippen LogP contribution in [0.3, 0.4) is 0 Å². The number of nitrogens with zero attached hydrogens (tertiary/aromatic N) is 2. The van der Waals surface area contributed by atoms with Gasteiger partial charge in [-0.15, -0.1) is 0 Å². The predicted molar refractivity (Wildman–Crippen MR) is 91.7 cm³/mol. The van der Waals surface area contributed by atoms with Crippen LogP contribution < -0.4 is 5.69 Å². The standard InChI is InChI=1S/C14H16F3NO2.C4H3FN2O/c1-10(19)18-7-6-13(8-18)20-9-11-2-4-12(5-3-11)14(15,16)17;5-3-1-6-4(8)7-2-3/h2-5,13H,6-9H2,1H3;1-2H,(H,6,7,8). The smallest absolute Gasteiger partial charge is 0.372 e. The van der Waals surface area contributed by atoms with Crippen LogP contribution in [0.1, 0.15) is 24.5 Å². The number of carbonyl (C=O) groups is 1. The molecule has 0 spiro atoms. The molecule has 0 radical (unpaired) electrons. The molecule has 2 heterocycles. The number of hydrogen-bond acceptors (Lipinski definition) is 4. The highest BCUT2D eigenvalue weighted by Gasteiger charge is 2.30. The number of benzene rings is 1. The average molecular weight is 401 g/mol. The van der Waals surface area contributed by atoms with Crippen molar-refractivity contribution in [3.63, 3.8) is 0 Å². The number of alkyl halides is 3. The van der Waals surface area contributed by atoms with E-state index in [1.54, 1.807) is 4.90 Å². The van der Waals surface area contributed by atoms with Crippen LogP contribution in [0.25, 0.3) is 0 Å². The number of likely N-dealkylation sites (tertiary alicyclic amines) is 1. The van der Waals surface area contributed by atoms with Crippen molar-refractivity contribution >= 4 is 5.91 Å². The van der Waals surface area contributed by atoms with E-state index in [1.807, 2.05) is 0 Å². The third kappa shape index (κ3) is 6.76. The van der Waals surface area contributed by atoms with Gasteiger partial charge in [-0.2, -0.15) is 18.2 Å². The second-order valence-corrected chi connectivity index (χ2v) is 6.12. The van der Waals surface area contributed by atoms with Crippen molar-refractivity contribution in [1.82, 2.24) is 14.9 Å². The number of aromatic nitrogens is 2. The third-order valence-corrected chi connectivity index (χ3v) is 4.00. The van der Waals surface area contributed by atoms with E-state index in [1.165, 1.54) is 19.1 Å². The molecule has 28 heavy (non-hydrogen) atoms. The summed E-state index contributed by atoms with van der Waals surface area (Å²) in [6, 6.07) is 4.94. The fourth-order valence-electron chi connectivity index (χ4n) is 2.48. The van der Waals surface area contributed by atoms with Crippen LogP contribution in [-0.2, 0) is 22.3 Å². The number of nitrogens with one attached hydrogen (secondary N) is 1. The number of hydrogen-bond donors (Lipinski definition) is 1. The van der Waals surface area contributed by atoms with Crippen molar-refractivity contribution in [2.45, 2.75) is 32.2 Å². The third-order valence-electron chi connectivity index (χ3n) is 4.00. The summed E-state index contributed by atoms with van der Waals surface area (Å²) in [5.74, 6) is -0.518.